The van der Waals surface area contributed by atoms with Crippen LogP contribution in [0.1, 0.15) is 68.2 Å². The molecular weight excluding hydrogens is 661 g/mol. The quantitative estimate of drug-likeness (QED) is 0.157. The molecule has 4 bridgehead atoms. The van der Waals surface area contributed by atoms with Crippen LogP contribution in [0.25, 0.3) is 76.8 Å². The minimum absolute atomic E-state index is 0.00335. The van der Waals surface area contributed by atoms with E-state index in [1.807, 2.05) is 0 Å². The summed E-state index contributed by atoms with van der Waals surface area (Å²) in [6.45, 7) is 4.93. The molecule has 0 unspecified atom stereocenters. The standard InChI is InChI=1S/C55H44/c1-54(2)49-19-11-10-18-43(49)52-51(54)23-21-42-48-29-35(20-22-50(48)55(53(42)52)36-25-32-24-33(27-36)28-37(55)26-32)45-31-47-41-17-9-7-15-39(41)38-14-6-8-16-40(38)46(47)30-44(45)34-12-4-3-5-13-34/h3-23,29-33,36-37H,24-28H2,1-2H3. The topological polar surface area (TPSA) is 0 Å². The van der Waals surface area contributed by atoms with Gasteiger partial charge >= 0.3 is 0 Å². The van der Waals surface area contributed by atoms with Crippen molar-refractivity contribution in [2.24, 2.45) is 23.7 Å². The lowest BCUT2D eigenvalue weighted by Crippen LogP contribution is -2.55. The molecule has 8 aromatic carbocycles. The molecule has 1 spiro atoms. The summed E-state index contributed by atoms with van der Waals surface area (Å²) in [5.74, 6) is 3.27. The minimum atomic E-state index is -0.00335. The maximum Gasteiger partial charge on any atom is 0.0278 e. The molecule has 6 aliphatic carbocycles. The van der Waals surface area contributed by atoms with Crippen molar-refractivity contribution in [3.63, 3.8) is 0 Å². The van der Waals surface area contributed by atoms with Crippen molar-refractivity contribution in [2.45, 2.75) is 56.8 Å². The van der Waals surface area contributed by atoms with E-state index in [0.717, 1.165) is 23.7 Å². The zero-order valence-corrected chi connectivity index (χ0v) is 31.7. The van der Waals surface area contributed by atoms with E-state index in [0.29, 0.717) is 0 Å². The Morgan fingerprint density at radius 3 is 1.58 bits per heavy atom. The van der Waals surface area contributed by atoms with Crippen LogP contribution in [-0.4, -0.2) is 0 Å². The van der Waals surface area contributed by atoms with Crippen LogP contribution in [0.2, 0.25) is 0 Å². The molecule has 4 fully saturated rings. The van der Waals surface area contributed by atoms with E-state index in [4.69, 9.17) is 0 Å². The fourth-order valence-corrected chi connectivity index (χ4v) is 13.7. The third-order valence-corrected chi connectivity index (χ3v) is 15.6. The highest BCUT2D eigenvalue weighted by atomic mass is 14.7. The van der Waals surface area contributed by atoms with Gasteiger partial charge in [0.25, 0.3) is 0 Å². The van der Waals surface area contributed by atoms with Gasteiger partial charge in [0.15, 0.2) is 0 Å². The second-order valence-corrected chi connectivity index (χ2v) is 18.4. The molecule has 0 heterocycles. The second-order valence-electron chi connectivity index (χ2n) is 18.4. The summed E-state index contributed by atoms with van der Waals surface area (Å²) in [6, 6.07) is 56.4. The van der Waals surface area contributed by atoms with E-state index < -0.39 is 0 Å². The van der Waals surface area contributed by atoms with E-state index in [9.17, 15) is 0 Å². The molecule has 0 aromatic heterocycles. The normalized spacial score (nSPS) is 24.8. The van der Waals surface area contributed by atoms with Gasteiger partial charge in [0.2, 0.25) is 0 Å². The number of fused-ring (bicyclic) bond motifs is 13. The summed E-state index contributed by atoms with van der Waals surface area (Å²) < 4.78 is 0. The van der Waals surface area contributed by atoms with Crippen molar-refractivity contribution in [3.05, 3.63) is 168 Å². The lowest BCUT2D eigenvalue weighted by atomic mass is 9.42. The fraction of sp³-hybridized carbons (Fsp3) is 0.236. The monoisotopic (exact) mass is 704 g/mol. The summed E-state index contributed by atoms with van der Waals surface area (Å²) in [5.41, 5.74) is 17.7. The lowest BCUT2D eigenvalue weighted by molar-refractivity contribution is -0.0397. The van der Waals surface area contributed by atoms with E-state index in [1.54, 1.807) is 16.7 Å². The highest BCUT2D eigenvalue weighted by Gasteiger charge is 2.63. The van der Waals surface area contributed by atoms with Crippen molar-refractivity contribution >= 4 is 32.3 Å². The van der Waals surface area contributed by atoms with E-state index in [-0.39, 0.29) is 10.8 Å². The van der Waals surface area contributed by atoms with Crippen LogP contribution in [-0.2, 0) is 10.8 Å². The van der Waals surface area contributed by atoms with Gasteiger partial charge in [0, 0.05) is 10.8 Å². The Kier molecular flexibility index (Phi) is 5.96. The Hall–Kier alpha value is -5.46. The average molecular weight is 705 g/mol. The largest absolute Gasteiger partial charge is 0.0622 e. The van der Waals surface area contributed by atoms with Gasteiger partial charge in [-0.25, -0.2) is 0 Å². The molecule has 0 aliphatic heterocycles. The first-order chi connectivity index (χ1) is 27.0. The first-order valence-electron chi connectivity index (χ1n) is 20.9. The Bertz CT molecular complexity index is 2930. The Balaban J connectivity index is 1.12. The van der Waals surface area contributed by atoms with Gasteiger partial charge in [0.1, 0.15) is 0 Å². The highest BCUT2D eigenvalue weighted by Crippen LogP contribution is 2.72. The molecule has 0 atom stereocenters. The van der Waals surface area contributed by atoms with E-state index >= 15 is 0 Å². The van der Waals surface area contributed by atoms with Crippen molar-refractivity contribution in [2.75, 3.05) is 0 Å². The molecule has 4 saturated carbocycles. The van der Waals surface area contributed by atoms with Gasteiger partial charge in [-0.05, 0) is 173 Å². The third kappa shape index (κ3) is 3.84. The number of hydrogen-bond acceptors (Lipinski definition) is 0. The van der Waals surface area contributed by atoms with Crippen molar-refractivity contribution in [1.29, 1.82) is 0 Å². The molecule has 0 nitrogen and oxygen atoms in total. The Morgan fingerprint density at radius 2 is 0.927 bits per heavy atom. The summed E-state index contributed by atoms with van der Waals surface area (Å²) >= 11 is 0. The van der Waals surface area contributed by atoms with Gasteiger partial charge in [-0.3, -0.25) is 0 Å². The second kappa shape index (κ2) is 10.6. The maximum atomic E-state index is 2.63. The first-order valence-corrected chi connectivity index (χ1v) is 20.9. The van der Waals surface area contributed by atoms with Crippen LogP contribution in [0.15, 0.2) is 146 Å². The van der Waals surface area contributed by atoms with Crippen LogP contribution >= 0.6 is 0 Å². The Morgan fingerprint density at radius 1 is 0.382 bits per heavy atom. The molecule has 14 rings (SSSR count). The van der Waals surface area contributed by atoms with E-state index in [1.165, 1.54) is 114 Å². The van der Waals surface area contributed by atoms with E-state index in [2.05, 4.69) is 159 Å². The fourth-order valence-electron chi connectivity index (χ4n) is 13.7. The number of benzene rings is 8. The predicted molar refractivity (Wildman–Crippen MR) is 231 cm³/mol. The van der Waals surface area contributed by atoms with Crippen LogP contribution in [0.5, 0.6) is 0 Å². The highest BCUT2D eigenvalue weighted by molar-refractivity contribution is 6.26. The number of hydrogen-bond donors (Lipinski definition) is 0. The molecular formula is C55H44. The van der Waals surface area contributed by atoms with Crippen LogP contribution in [0.4, 0.5) is 0 Å². The summed E-state index contributed by atoms with van der Waals surface area (Å²) in [4.78, 5) is 0. The summed E-state index contributed by atoms with van der Waals surface area (Å²) in [6.07, 6.45) is 7.05. The van der Waals surface area contributed by atoms with Gasteiger partial charge in [-0.1, -0.05) is 141 Å². The van der Waals surface area contributed by atoms with Gasteiger partial charge < -0.3 is 0 Å². The molecule has 0 heteroatoms. The zero-order valence-electron chi connectivity index (χ0n) is 31.7. The SMILES string of the molecule is CC1(C)c2ccccc2-c2c1ccc1c2C2(c3ccc(-c4cc5c6ccccc6c6ccccc6c5cc4-c4ccccc4)cc3-1)C1CC3CC(C1)CC2C3. The van der Waals surface area contributed by atoms with Crippen molar-refractivity contribution in [3.8, 4) is 44.5 Å². The van der Waals surface area contributed by atoms with Gasteiger partial charge in [-0.2, -0.15) is 0 Å². The molecule has 0 amide bonds. The van der Waals surface area contributed by atoms with Crippen LogP contribution in [0.3, 0.4) is 0 Å². The van der Waals surface area contributed by atoms with Crippen molar-refractivity contribution < 1.29 is 0 Å². The number of rotatable bonds is 2. The first kappa shape index (κ1) is 30.8. The molecule has 0 N–H and O–H groups in total. The predicted octanol–water partition coefficient (Wildman–Crippen LogP) is 14.5. The van der Waals surface area contributed by atoms with Crippen LogP contribution < -0.4 is 0 Å². The minimum Gasteiger partial charge on any atom is -0.0622 e. The molecule has 55 heavy (non-hydrogen) atoms. The Labute approximate surface area is 323 Å². The lowest BCUT2D eigenvalue weighted by Gasteiger charge is -2.61. The summed E-state index contributed by atoms with van der Waals surface area (Å²) in [5, 5.41) is 7.96. The third-order valence-electron chi connectivity index (χ3n) is 15.6. The van der Waals surface area contributed by atoms with Gasteiger partial charge in [-0.15, -0.1) is 0 Å². The summed E-state index contributed by atoms with van der Waals surface area (Å²) in [7, 11) is 0. The molecule has 6 aliphatic rings. The maximum absolute atomic E-state index is 2.63. The molecule has 0 radical (unpaired) electrons. The molecule has 264 valence electrons. The van der Waals surface area contributed by atoms with Crippen molar-refractivity contribution in [1.82, 2.24) is 0 Å². The zero-order chi connectivity index (χ0) is 36.2. The smallest absolute Gasteiger partial charge is 0.0278 e. The van der Waals surface area contributed by atoms with Gasteiger partial charge in [0.05, 0.1) is 0 Å². The molecule has 0 saturated heterocycles. The molecule has 8 aromatic rings. The average Bonchev–Trinajstić information content (AvgIpc) is 3.65. The van der Waals surface area contributed by atoms with Crippen LogP contribution in [0, 0.1) is 23.7 Å².